The fourth-order valence-electron chi connectivity index (χ4n) is 9.62. The van der Waals surface area contributed by atoms with E-state index in [1.807, 2.05) is 18.2 Å². The molecule has 0 radical (unpaired) electrons. The second kappa shape index (κ2) is 11.8. The van der Waals surface area contributed by atoms with Crippen molar-refractivity contribution in [1.82, 2.24) is 24.1 Å². The third-order valence-electron chi connectivity index (χ3n) is 12.1. The van der Waals surface area contributed by atoms with Crippen molar-refractivity contribution in [1.29, 1.82) is 0 Å². The minimum atomic E-state index is 0.589. The van der Waals surface area contributed by atoms with Crippen molar-refractivity contribution in [3.8, 4) is 56.7 Å². The number of fused-ring (bicyclic) bond motifs is 2. The summed E-state index contributed by atoms with van der Waals surface area (Å²) >= 11 is 0. The fourth-order valence-corrected chi connectivity index (χ4v) is 9.62. The maximum atomic E-state index is 5.41. The van der Waals surface area contributed by atoms with E-state index < -0.39 is 0 Å². The van der Waals surface area contributed by atoms with Crippen LogP contribution >= 0.6 is 0 Å². The largest absolute Gasteiger partial charge is 0.309 e. The van der Waals surface area contributed by atoms with Crippen molar-refractivity contribution in [3.05, 3.63) is 188 Å². The van der Waals surface area contributed by atoms with Gasteiger partial charge in [-0.15, -0.1) is 0 Å². The van der Waals surface area contributed by atoms with E-state index in [2.05, 4.69) is 179 Å². The summed E-state index contributed by atoms with van der Waals surface area (Å²) in [4.78, 5) is 15.9. The summed E-state index contributed by atoms with van der Waals surface area (Å²) in [5.74, 6) is 1.86. The lowest BCUT2D eigenvalue weighted by Crippen LogP contribution is -2.06. The van der Waals surface area contributed by atoms with Crippen molar-refractivity contribution in [3.63, 3.8) is 0 Å². The van der Waals surface area contributed by atoms with Crippen LogP contribution in [-0.2, 0) is 0 Å². The lowest BCUT2D eigenvalue weighted by Gasteiger charge is -2.13. The molecule has 0 atom stereocenters. The van der Waals surface area contributed by atoms with Crippen LogP contribution in [0.25, 0.3) is 122 Å². The van der Waals surface area contributed by atoms with Crippen molar-refractivity contribution in [2.45, 2.75) is 0 Å². The zero-order chi connectivity index (χ0) is 37.9. The number of aromatic nitrogens is 5. The van der Waals surface area contributed by atoms with Gasteiger partial charge in [-0.2, -0.15) is 9.97 Å². The Morgan fingerprint density at radius 3 is 1.59 bits per heavy atom. The van der Waals surface area contributed by atoms with E-state index in [0.29, 0.717) is 17.6 Å². The summed E-state index contributed by atoms with van der Waals surface area (Å²) in [6, 6.07) is 67.1. The van der Waals surface area contributed by atoms with Crippen molar-refractivity contribution >= 4 is 65.2 Å². The minimum Gasteiger partial charge on any atom is -0.309 e. The van der Waals surface area contributed by atoms with Gasteiger partial charge in [-0.05, 0) is 80.9 Å². The molecule has 0 bridgehead atoms. The van der Waals surface area contributed by atoms with Crippen LogP contribution in [0.5, 0.6) is 0 Å². The summed E-state index contributed by atoms with van der Waals surface area (Å²) < 4.78 is 4.69. The quantitative estimate of drug-likeness (QED) is 0.177. The average Bonchev–Trinajstić information content (AvgIpc) is 3.78. The van der Waals surface area contributed by atoms with Gasteiger partial charge in [0.05, 0.1) is 22.1 Å². The van der Waals surface area contributed by atoms with Crippen LogP contribution in [-0.4, -0.2) is 24.1 Å². The molecule has 0 saturated carbocycles. The first-order valence-electron chi connectivity index (χ1n) is 19.7. The molecule has 0 aliphatic heterocycles. The second-order valence-corrected chi connectivity index (χ2v) is 15.2. The minimum absolute atomic E-state index is 0.589. The Balaban J connectivity index is 1.13. The highest BCUT2D eigenvalue weighted by molar-refractivity contribution is 6.38. The lowest BCUT2D eigenvalue weighted by atomic mass is 9.98. The molecule has 0 unspecified atom stereocenters. The highest BCUT2D eigenvalue weighted by Gasteiger charge is 2.28. The normalized spacial score (nSPS) is 12.1. The topological polar surface area (TPSA) is 48.5 Å². The summed E-state index contributed by atoms with van der Waals surface area (Å²) in [5.41, 5.74) is 12.4. The number of para-hydroxylation sites is 1. The smallest absolute Gasteiger partial charge is 0.238 e. The van der Waals surface area contributed by atoms with Crippen molar-refractivity contribution in [2.75, 3.05) is 0 Å². The van der Waals surface area contributed by atoms with Crippen LogP contribution in [0.3, 0.4) is 0 Å². The molecule has 9 aromatic carbocycles. The van der Waals surface area contributed by atoms with Crippen LogP contribution in [0.15, 0.2) is 188 Å². The molecule has 0 saturated heterocycles. The van der Waals surface area contributed by atoms with Crippen LogP contribution in [0.4, 0.5) is 0 Å². The fraction of sp³-hybridized carbons (Fsp3) is 0. The molecule has 3 heterocycles. The van der Waals surface area contributed by atoms with Gasteiger partial charge in [0.15, 0.2) is 11.6 Å². The molecule has 0 spiro atoms. The summed E-state index contributed by atoms with van der Waals surface area (Å²) in [6.45, 7) is 0. The molecule has 1 aliphatic carbocycles. The van der Waals surface area contributed by atoms with Gasteiger partial charge in [-0.25, -0.2) is 4.98 Å². The molecule has 0 fully saturated rings. The molecular formula is C53H31N5. The van der Waals surface area contributed by atoms with Gasteiger partial charge >= 0.3 is 0 Å². The molecule has 13 rings (SSSR count). The summed E-state index contributed by atoms with van der Waals surface area (Å²) in [7, 11) is 0. The number of nitrogens with zero attached hydrogens (tertiary/aromatic N) is 5. The Labute approximate surface area is 332 Å². The maximum absolute atomic E-state index is 5.41. The highest BCUT2D eigenvalue weighted by atomic mass is 15.2. The standard InChI is InChI=1S/C53H31N5/c1-4-13-32(14-5-1)35-25-28-38-36(31-35)17-10-22-41(38)52-54-51(34-15-6-2-7-16-34)55-53(56-52)58-43-24-12-21-40-39-20-11-23-42-47(39)49-44(57(42)37-18-8-3-9-19-37)29-26-33-27-30-45(58)50(46(33)49)48(40)43/h1-31H. The predicted octanol–water partition coefficient (Wildman–Crippen LogP) is 13.4. The van der Waals surface area contributed by atoms with E-state index in [9.17, 15) is 0 Å². The van der Waals surface area contributed by atoms with Gasteiger partial charge in [-0.1, -0.05) is 146 Å². The van der Waals surface area contributed by atoms with Gasteiger partial charge in [-0.3, -0.25) is 4.57 Å². The Kier molecular flexibility index (Phi) is 6.38. The van der Waals surface area contributed by atoms with Gasteiger partial charge in [0.1, 0.15) is 0 Å². The molecule has 3 aromatic heterocycles. The van der Waals surface area contributed by atoms with E-state index in [1.54, 1.807) is 0 Å². The predicted molar refractivity (Wildman–Crippen MR) is 239 cm³/mol. The SMILES string of the molecule is c1ccc(-c2ccc3c(-c4nc(-c5ccccc5)nc(-n5c6cccc7c6c6c8c(ccc9c8c8c-7cccc8n9-c7ccccc7)ccc65)n4)cccc3c2)cc1. The van der Waals surface area contributed by atoms with Crippen LogP contribution in [0, 0.1) is 0 Å². The van der Waals surface area contributed by atoms with Crippen molar-refractivity contribution in [2.24, 2.45) is 0 Å². The van der Waals surface area contributed by atoms with E-state index in [4.69, 9.17) is 15.0 Å². The van der Waals surface area contributed by atoms with Gasteiger partial charge in [0.2, 0.25) is 5.95 Å². The third kappa shape index (κ3) is 4.33. The molecular weight excluding hydrogens is 707 g/mol. The van der Waals surface area contributed by atoms with Crippen LogP contribution < -0.4 is 0 Å². The van der Waals surface area contributed by atoms with Gasteiger partial charge in [0.25, 0.3) is 0 Å². The van der Waals surface area contributed by atoms with E-state index in [1.165, 1.54) is 65.6 Å². The molecule has 5 heteroatoms. The monoisotopic (exact) mass is 737 g/mol. The number of hydrogen-bond donors (Lipinski definition) is 0. The first kappa shape index (κ1) is 31.3. The highest BCUT2D eigenvalue weighted by Crippen LogP contribution is 2.51. The Bertz CT molecular complexity index is 3660. The van der Waals surface area contributed by atoms with Crippen molar-refractivity contribution < 1.29 is 0 Å². The molecule has 0 amide bonds. The van der Waals surface area contributed by atoms with E-state index in [0.717, 1.165) is 38.6 Å². The number of benzene rings is 9. The molecule has 268 valence electrons. The van der Waals surface area contributed by atoms with Crippen LogP contribution in [0.2, 0.25) is 0 Å². The summed E-state index contributed by atoms with van der Waals surface area (Å²) in [5, 5.41) is 9.70. The first-order chi connectivity index (χ1) is 28.8. The lowest BCUT2D eigenvalue weighted by molar-refractivity contribution is 0.954. The molecule has 5 nitrogen and oxygen atoms in total. The number of hydrogen-bond acceptors (Lipinski definition) is 3. The number of rotatable bonds is 5. The Morgan fingerprint density at radius 1 is 0.310 bits per heavy atom. The molecule has 12 aromatic rings. The molecule has 1 aliphatic rings. The first-order valence-corrected chi connectivity index (χ1v) is 19.7. The molecule has 58 heavy (non-hydrogen) atoms. The Hall–Kier alpha value is -7.89. The van der Waals surface area contributed by atoms with Crippen LogP contribution in [0.1, 0.15) is 0 Å². The second-order valence-electron chi connectivity index (χ2n) is 15.2. The third-order valence-corrected chi connectivity index (χ3v) is 12.1. The average molecular weight is 738 g/mol. The summed E-state index contributed by atoms with van der Waals surface area (Å²) in [6.07, 6.45) is 0. The zero-order valence-electron chi connectivity index (χ0n) is 31.1. The Morgan fingerprint density at radius 2 is 0.879 bits per heavy atom. The van der Waals surface area contributed by atoms with E-state index in [-0.39, 0.29) is 0 Å². The maximum Gasteiger partial charge on any atom is 0.238 e. The van der Waals surface area contributed by atoms with Gasteiger partial charge in [0, 0.05) is 43.7 Å². The van der Waals surface area contributed by atoms with E-state index >= 15 is 0 Å². The van der Waals surface area contributed by atoms with Gasteiger partial charge < -0.3 is 4.57 Å². The molecule has 0 N–H and O–H groups in total. The zero-order valence-corrected chi connectivity index (χ0v) is 31.1.